The quantitative estimate of drug-likeness (QED) is 0.680. The predicted molar refractivity (Wildman–Crippen MR) is 84.7 cm³/mol. The lowest BCUT2D eigenvalue weighted by atomic mass is 10.00. The van der Waals surface area contributed by atoms with Gasteiger partial charge >= 0.3 is 0 Å². The Bertz CT molecular complexity index is 339. The van der Waals surface area contributed by atoms with Gasteiger partial charge in [-0.25, -0.2) is 0 Å². The molecular weight excluding hydrogens is 254 g/mol. The van der Waals surface area contributed by atoms with E-state index in [0.29, 0.717) is 0 Å². The Hall–Kier alpha value is -0.510. The molecule has 108 valence electrons. The monoisotopic (exact) mass is 281 g/mol. The van der Waals surface area contributed by atoms with Crippen LogP contribution in [0.4, 0.5) is 0 Å². The summed E-state index contributed by atoms with van der Waals surface area (Å²) < 4.78 is 0. The number of aliphatic hydroxyl groups excluding tert-OH is 1. The molecule has 1 rings (SSSR count). The molecule has 0 fully saturated rings. The third kappa shape index (κ3) is 6.46. The van der Waals surface area contributed by atoms with Gasteiger partial charge in [0.15, 0.2) is 0 Å². The van der Waals surface area contributed by atoms with E-state index in [0.717, 1.165) is 25.7 Å². The van der Waals surface area contributed by atoms with Gasteiger partial charge in [0.2, 0.25) is 0 Å². The van der Waals surface area contributed by atoms with E-state index in [1.165, 1.54) is 22.6 Å². The van der Waals surface area contributed by atoms with Gasteiger partial charge in [0.05, 0.1) is 6.10 Å². The summed E-state index contributed by atoms with van der Waals surface area (Å²) in [6.45, 7) is 4.29. The third-order valence-electron chi connectivity index (χ3n) is 3.24. The third-order valence-corrected chi connectivity index (χ3v) is 4.46. The lowest BCUT2D eigenvalue weighted by Gasteiger charge is -2.18. The fourth-order valence-corrected chi connectivity index (χ4v) is 2.79. The molecule has 3 heteroatoms. The van der Waals surface area contributed by atoms with Gasteiger partial charge in [-0.05, 0) is 49.1 Å². The molecule has 0 aliphatic rings. The molecule has 0 bridgehead atoms. The first-order valence-corrected chi connectivity index (χ1v) is 8.31. The van der Waals surface area contributed by atoms with Crippen LogP contribution < -0.4 is 5.73 Å². The highest BCUT2D eigenvalue weighted by Crippen LogP contribution is 2.20. The van der Waals surface area contributed by atoms with Crippen molar-refractivity contribution in [2.45, 2.75) is 63.0 Å². The molecule has 2 nitrogen and oxygen atoms in total. The summed E-state index contributed by atoms with van der Waals surface area (Å²) in [5.74, 6) is 1.17. The molecule has 1 aromatic rings. The Morgan fingerprint density at radius 1 is 1.11 bits per heavy atom. The van der Waals surface area contributed by atoms with Gasteiger partial charge < -0.3 is 10.8 Å². The fraction of sp³-hybridized carbons (Fsp3) is 0.625. The van der Waals surface area contributed by atoms with Gasteiger partial charge in [0.1, 0.15) is 0 Å². The first-order valence-electron chi connectivity index (χ1n) is 7.32. The second-order valence-corrected chi connectivity index (χ2v) is 6.22. The van der Waals surface area contributed by atoms with E-state index in [1.807, 2.05) is 11.8 Å². The molecule has 3 N–H and O–H groups in total. The van der Waals surface area contributed by atoms with E-state index in [9.17, 15) is 5.11 Å². The van der Waals surface area contributed by atoms with E-state index >= 15 is 0 Å². The molecule has 0 spiro atoms. The topological polar surface area (TPSA) is 46.2 Å². The van der Waals surface area contributed by atoms with Crippen molar-refractivity contribution >= 4 is 11.8 Å². The Kier molecular flexibility index (Phi) is 8.19. The van der Waals surface area contributed by atoms with E-state index in [2.05, 4.69) is 38.1 Å². The first kappa shape index (κ1) is 16.5. The van der Waals surface area contributed by atoms with Crippen LogP contribution in [0.25, 0.3) is 0 Å². The normalized spacial score (nSPS) is 14.3. The van der Waals surface area contributed by atoms with Crippen molar-refractivity contribution in [2.75, 3.05) is 5.75 Å². The van der Waals surface area contributed by atoms with Crippen molar-refractivity contribution in [3.8, 4) is 0 Å². The second-order valence-electron chi connectivity index (χ2n) is 5.05. The zero-order valence-electron chi connectivity index (χ0n) is 12.1. The Morgan fingerprint density at radius 2 is 1.79 bits per heavy atom. The van der Waals surface area contributed by atoms with Gasteiger partial charge in [0.25, 0.3) is 0 Å². The summed E-state index contributed by atoms with van der Waals surface area (Å²) in [4.78, 5) is 1.33. The molecule has 2 atom stereocenters. The highest BCUT2D eigenvalue weighted by atomic mass is 32.2. The van der Waals surface area contributed by atoms with Crippen molar-refractivity contribution in [2.24, 2.45) is 5.73 Å². The first-order chi connectivity index (χ1) is 9.17. The smallest absolute Gasteiger partial charge is 0.0694 e. The molecule has 0 radical (unpaired) electrons. The lowest BCUT2D eigenvalue weighted by molar-refractivity contribution is 0.131. The summed E-state index contributed by atoms with van der Waals surface area (Å²) in [6, 6.07) is 8.60. The second kappa shape index (κ2) is 9.40. The van der Waals surface area contributed by atoms with Crippen LogP contribution in [0.15, 0.2) is 29.2 Å². The minimum absolute atomic E-state index is 0.0793. The molecule has 0 aromatic heterocycles. The molecule has 0 aliphatic carbocycles. The average molecular weight is 281 g/mol. The van der Waals surface area contributed by atoms with E-state index in [4.69, 9.17) is 5.73 Å². The van der Waals surface area contributed by atoms with E-state index in [1.54, 1.807) is 0 Å². The maximum atomic E-state index is 9.95. The zero-order chi connectivity index (χ0) is 14.1. The van der Waals surface area contributed by atoms with Crippen LogP contribution in [0.1, 0.15) is 45.1 Å². The minimum Gasteiger partial charge on any atom is -0.392 e. The summed E-state index contributed by atoms with van der Waals surface area (Å²) in [5.41, 5.74) is 7.20. The highest BCUT2D eigenvalue weighted by molar-refractivity contribution is 7.99. The average Bonchev–Trinajstić information content (AvgIpc) is 2.43. The van der Waals surface area contributed by atoms with Gasteiger partial charge in [-0.2, -0.15) is 0 Å². The van der Waals surface area contributed by atoms with Gasteiger partial charge in [-0.1, -0.05) is 32.4 Å². The molecule has 1 aromatic carbocycles. The summed E-state index contributed by atoms with van der Waals surface area (Å²) in [5, 5.41) is 9.95. The maximum Gasteiger partial charge on any atom is 0.0694 e. The summed E-state index contributed by atoms with van der Waals surface area (Å²) in [7, 11) is 0. The van der Waals surface area contributed by atoms with Gasteiger partial charge in [0, 0.05) is 10.9 Å². The molecule has 2 unspecified atom stereocenters. The lowest BCUT2D eigenvalue weighted by Crippen LogP contribution is -2.34. The Morgan fingerprint density at radius 3 is 2.37 bits per heavy atom. The van der Waals surface area contributed by atoms with Gasteiger partial charge in [-0.15, -0.1) is 11.8 Å². The summed E-state index contributed by atoms with van der Waals surface area (Å²) in [6.07, 6.45) is 4.40. The SMILES string of the molecule is CCCSc1ccc(CCC(O)C(N)CCC)cc1. The number of rotatable bonds is 9. The number of nitrogens with two attached hydrogens (primary N) is 1. The molecule has 0 aliphatic heterocycles. The molecule has 0 amide bonds. The van der Waals surface area contributed by atoms with Crippen molar-refractivity contribution in [3.05, 3.63) is 29.8 Å². The van der Waals surface area contributed by atoms with Crippen LogP contribution in [-0.4, -0.2) is 23.0 Å². The van der Waals surface area contributed by atoms with Crippen molar-refractivity contribution in [1.82, 2.24) is 0 Å². The van der Waals surface area contributed by atoms with E-state index < -0.39 is 0 Å². The maximum absolute atomic E-state index is 9.95. The van der Waals surface area contributed by atoms with Crippen LogP contribution in [0.2, 0.25) is 0 Å². The van der Waals surface area contributed by atoms with Crippen molar-refractivity contribution in [3.63, 3.8) is 0 Å². The number of aryl methyl sites for hydroxylation is 1. The molecule has 0 heterocycles. The highest BCUT2D eigenvalue weighted by Gasteiger charge is 2.13. The fourth-order valence-electron chi connectivity index (χ4n) is 2.03. The number of benzene rings is 1. The molecule has 19 heavy (non-hydrogen) atoms. The van der Waals surface area contributed by atoms with Crippen LogP contribution >= 0.6 is 11.8 Å². The molecule has 0 saturated carbocycles. The molecular formula is C16H27NOS. The zero-order valence-corrected chi connectivity index (χ0v) is 13.0. The largest absolute Gasteiger partial charge is 0.392 e. The minimum atomic E-state index is -0.380. The number of thioether (sulfide) groups is 1. The standard InChI is InChI=1S/C16H27NOS/c1-3-5-15(17)16(18)11-8-13-6-9-14(10-7-13)19-12-4-2/h6-7,9-10,15-16,18H,3-5,8,11-12,17H2,1-2H3. The number of hydrogen-bond acceptors (Lipinski definition) is 3. The summed E-state index contributed by atoms with van der Waals surface area (Å²) >= 11 is 1.90. The molecule has 0 saturated heterocycles. The Balaban J connectivity index is 2.36. The van der Waals surface area contributed by atoms with Crippen molar-refractivity contribution in [1.29, 1.82) is 0 Å². The predicted octanol–water partition coefficient (Wildman–Crippen LogP) is 3.61. The van der Waals surface area contributed by atoms with Gasteiger partial charge in [-0.3, -0.25) is 0 Å². The number of aliphatic hydroxyl groups is 1. The van der Waals surface area contributed by atoms with Crippen molar-refractivity contribution < 1.29 is 5.11 Å². The van der Waals surface area contributed by atoms with Crippen LogP contribution in [0, 0.1) is 0 Å². The van der Waals surface area contributed by atoms with Crippen LogP contribution in [-0.2, 0) is 6.42 Å². The van der Waals surface area contributed by atoms with Crippen LogP contribution in [0.5, 0.6) is 0 Å². The van der Waals surface area contributed by atoms with Crippen LogP contribution in [0.3, 0.4) is 0 Å². The van der Waals surface area contributed by atoms with E-state index in [-0.39, 0.29) is 12.1 Å². The Labute approximate surface area is 121 Å². The number of hydrogen-bond donors (Lipinski definition) is 2.